The van der Waals surface area contributed by atoms with E-state index in [-0.39, 0.29) is 36.8 Å². The number of anilines is 1. The van der Waals surface area contributed by atoms with E-state index in [0.717, 1.165) is 81.5 Å². The predicted molar refractivity (Wildman–Crippen MR) is 153 cm³/mol. The van der Waals surface area contributed by atoms with Crippen molar-refractivity contribution in [1.29, 1.82) is 0 Å². The van der Waals surface area contributed by atoms with Crippen LogP contribution in [0.4, 0.5) is 14.9 Å². The molecule has 4 atom stereocenters. The monoisotopic (exact) mass is 567 g/mol. The molecule has 5 aliphatic heterocycles. The van der Waals surface area contributed by atoms with E-state index >= 15 is 0 Å². The van der Waals surface area contributed by atoms with E-state index in [4.69, 9.17) is 9.47 Å². The molecule has 5 fully saturated rings. The average Bonchev–Trinajstić information content (AvgIpc) is 3.59. The molecule has 222 valence electrons. The summed E-state index contributed by atoms with van der Waals surface area (Å²) in [6.45, 7) is 6.22. The second kappa shape index (κ2) is 10.4. The highest BCUT2D eigenvalue weighted by Crippen LogP contribution is 2.49. The number of aromatic nitrogens is 2. The molecule has 1 aromatic heterocycles. The van der Waals surface area contributed by atoms with Gasteiger partial charge in [0.1, 0.15) is 11.9 Å². The summed E-state index contributed by atoms with van der Waals surface area (Å²) in [5.74, 6) is 0.0978. The van der Waals surface area contributed by atoms with E-state index in [1.54, 1.807) is 16.8 Å². The summed E-state index contributed by atoms with van der Waals surface area (Å²) in [7, 11) is 1.84. The third-order valence-corrected chi connectivity index (χ3v) is 10.5. The maximum Gasteiger partial charge on any atom is 0.410 e. The first-order valence-electron chi connectivity index (χ1n) is 15.2. The molecule has 6 heterocycles. The first-order valence-corrected chi connectivity index (χ1v) is 15.2. The maximum absolute atomic E-state index is 14.6. The SMILES string of the molecule is Cc1cc(C(=O)N2CC3(CCN(C4CC5CCC(C4)N(C(=O)O[C@@H]4CCOC4)C5)CC3)c3cc(F)ccc32)nn1C.[HH]. The number of hydrogen-bond donors (Lipinski definition) is 0. The lowest BCUT2D eigenvalue weighted by Gasteiger charge is -2.43. The van der Waals surface area contributed by atoms with Gasteiger partial charge in [0.05, 0.1) is 13.2 Å². The molecule has 6 aliphatic rings. The van der Waals surface area contributed by atoms with E-state index in [0.29, 0.717) is 37.4 Å². The van der Waals surface area contributed by atoms with Gasteiger partial charge in [-0.05, 0) is 94.3 Å². The Hall–Kier alpha value is -2.98. The number of piperidine rings is 2. The van der Waals surface area contributed by atoms with Gasteiger partial charge in [-0.25, -0.2) is 9.18 Å². The van der Waals surface area contributed by atoms with E-state index in [1.807, 2.05) is 29.8 Å². The quantitative estimate of drug-likeness (QED) is 0.551. The van der Waals surface area contributed by atoms with Crippen molar-refractivity contribution >= 4 is 17.7 Å². The number of carbonyl (C=O) groups is 2. The zero-order chi connectivity index (χ0) is 28.3. The number of hydrogen-bond acceptors (Lipinski definition) is 6. The number of halogens is 1. The Morgan fingerprint density at radius 2 is 1.95 bits per heavy atom. The van der Waals surface area contributed by atoms with Crippen LogP contribution in [-0.4, -0.2) is 89.2 Å². The van der Waals surface area contributed by atoms with E-state index in [1.165, 1.54) is 6.07 Å². The largest absolute Gasteiger partial charge is 0.444 e. The molecule has 41 heavy (non-hydrogen) atoms. The second-order valence-electron chi connectivity index (χ2n) is 12.9. The molecule has 1 aliphatic carbocycles. The number of fused-ring (bicyclic) bond motifs is 6. The third kappa shape index (κ3) is 4.82. The smallest absolute Gasteiger partial charge is 0.410 e. The van der Waals surface area contributed by atoms with Crippen molar-refractivity contribution in [2.24, 2.45) is 13.0 Å². The van der Waals surface area contributed by atoms with Crippen LogP contribution in [0.1, 0.15) is 68.1 Å². The predicted octanol–water partition coefficient (Wildman–Crippen LogP) is 4.28. The number of amides is 2. The minimum Gasteiger partial charge on any atom is -0.444 e. The highest BCUT2D eigenvalue weighted by Gasteiger charge is 2.49. The highest BCUT2D eigenvalue weighted by molar-refractivity contribution is 6.06. The van der Waals surface area contributed by atoms with Gasteiger partial charge in [0.2, 0.25) is 0 Å². The van der Waals surface area contributed by atoms with Gasteiger partial charge in [-0.2, -0.15) is 5.10 Å². The second-order valence-corrected chi connectivity index (χ2v) is 12.9. The minimum atomic E-state index is -0.268. The summed E-state index contributed by atoms with van der Waals surface area (Å²) >= 11 is 0. The number of ether oxygens (including phenoxy) is 2. The fourth-order valence-electron chi connectivity index (χ4n) is 8.04. The van der Waals surface area contributed by atoms with Gasteiger partial charge in [0.15, 0.2) is 5.69 Å². The number of aryl methyl sites for hydroxylation is 2. The molecule has 2 bridgehead atoms. The van der Waals surface area contributed by atoms with Gasteiger partial charge in [0.25, 0.3) is 5.91 Å². The molecular formula is C31H42FN5O4. The molecular weight excluding hydrogens is 525 g/mol. The summed E-state index contributed by atoms with van der Waals surface area (Å²) in [6.07, 6.45) is 6.48. The topological polar surface area (TPSA) is 80.1 Å². The van der Waals surface area contributed by atoms with Crippen LogP contribution in [0.5, 0.6) is 0 Å². The van der Waals surface area contributed by atoms with Crippen LogP contribution >= 0.6 is 0 Å². The van der Waals surface area contributed by atoms with Gasteiger partial charge in [-0.1, -0.05) is 0 Å². The van der Waals surface area contributed by atoms with Gasteiger partial charge in [-0.15, -0.1) is 0 Å². The number of rotatable bonds is 3. The molecule has 0 N–H and O–H groups in total. The lowest BCUT2D eigenvalue weighted by molar-refractivity contribution is 0.0307. The van der Waals surface area contributed by atoms with Crippen LogP contribution in [0, 0.1) is 18.7 Å². The Morgan fingerprint density at radius 1 is 1.12 bits per heavy atom. The Bertz CT molecular complexity index is 1320. The molecule has 2 amide bonds. The number of benzene rings is 1. The third-order valence-electron chi connectivity index (χ3n) is 10.5. The van der Waals surface area contributed by atoms with Crippen molar-refractivity contribution in [3.05, 3.63) is 47.0 Å². The Balaban J connectivity index is 0.00000316. The number of likely N-dealkylation sites (tertiary alicyclic amines) is 1. The normalized spacial score (nSPS) is 29.1. The van der Waals surface area contributed by atoms with E-state index in [2.05, 4.69) is 10.00 Å². The molecule has 1 saturated carbocycles. The van der Waals surface area contributed by atoms with Crippen LogP contribution in [0.25, 0.3) is 0 Å². The summed E-state index contributed by atoms with van der Waals surface area (Å²) < 4.78 is 27.5. The van der Waals surface area contributed by atoms with Gasteiger partial charge >= 0.3 is 6.09 Å². The highest BCUT2D eigenvalue weighted by atomic mass is 19.1. The molecule has 9 nitrogen and oxygen atoms in total. The maximum atomic E-state index is 14.6. The van der Waals surface area contributed by atoms with Gasteiger partial charge in [-0.3, -0.25) is 9.48 Å². The molecule has 3 unspecified atom stereocenters. The lowest BCUT2D eigenvalue weighted by Crippen LogP contribution is -2.50. The van der Waals surface area contributed by atoms with Crippen LogP contribution in [0.2, 0.25) is 0 Å². The Kier molecular flexibility index (Phi) is 6.81. The Morgan fingerprint density at radius 3 is 2.68 bits per heavy atom. The van der Waals surface area contributed by atoms with Crippen LogP contribution < -0.4 is 4.90 Å². The van der Waals surface area contributed by atoms with Crippen molar-refractivity contribution in [2.45, 2.75) is 75.5 Å². The van der Waals surface area contributed by atoms with Crippen molar-refractivity contribution in [1.82, 2.24) is 19.6 Å². The molecule has 2 aromatic rings. The fraction of sp³-hybridized carbons (Fsp3) is 0.645. The van der Waals surface area contributed by atoms with Crippen molar-refractivity contribution in [2.75, 3.05) is 44.3 Å². The number of carbonyl (C=O) groups excluding carboxylic acids is 2. The summed E-state index contributed by atoms with van der Waals surface area (Å²) in [4.78, 5) is 33.1. The van der Waals surface area contributed by atoms with Crippen LogP contribution in [-0.2, 0) is 21.9 Å². The zero-order valence-corrected chi connectivity index (χ0v) is 24.1. The summed E-state index contributed by atoms with van der Waals surface area (Å²) in [5, 5.41) is 4.43. The molecule has 4 saturated heterocycles. The zero-order valence-electron chi connectivity index (χ0n) is 24.1. The first-order chi connectivity index (χ1) is 19.8. The van der Waals surface area contributed by atoms with Crippen molar-refractivity contribution in [3.63, 3.8) is 0 Å². The molecule has 10 heteroatoms. The molecule has 8 rings (SSSR count). The first kappa shape index (κ1) is 26.9. The van der Waals surface area contributed by atoms with Gasteiger partial charge in [0, 0.05) is 56.9 Å². The molecule has 1 aromatic carbocycles. The minimum absolute atomic E-state index is 0. The van der Waals surface area contributed by atoms with Crippen molar-refractivity contribution in [3.8, 4) is 0 Å². The lowest BCUT2D eigenvalue weighted by atomic mass is 9.74. The average molecular weight is 568 g/mol. The Labute approximate surface area is 242 Å². The summed E-state index contributed by atoms with van der Waals surface area (Å²) in [6, 6.07) is 7.30. The van der Waals surface area contributed by atoms with Gasteiger partial charge < -0.3 is 24.2 Å². The summed E-state index contributed by atoms with van der Waals surface area (Å²) in [5.41, 5.74) is 2.83. The molecule has 0 radical (unpaired) electrons. The van der Waals surface area contributed by atoms with E-state index in [9.17, 15) is 14.0 Å². The van der Waals surface area contributed by atoms with E-state index < -0.39 is 0 Å². The van der Waals surface area contributed by atoms with Crippen LogP contribution in [0.3, 0.4) is 0 Å². The number of nitrogens with zero attached hydrogens (tertiary/aromatic N) is 5. The standard InChI is InChI=1S/C31H40FN5O4.H2/c1-20-13-27(33-34(20)2)29(38)37-19-31(26-15-22(32)4-6-28(26)37)8-10-35(11-9-31)24-14-21-3-5-23(16-24)36(17-21)30(39)41-25-7-12-40-18-25;/h4,6,13,15,21,23-25H,3,5,7-12,14,16-19H2,1-2H3;1H/t21?,23?,24?,25-;/m1./s1. The van der Waals surface area contributed by atoms with Crippen molar-refractivity contribution < 1.29 is 24.9 Å². The molecule has 1 spiro atoms. The fourth-order valence-corrected chi connectivity index (χ4v) is 8.04. The van der Waals surface area contributed by atoms with Crippen LogP contribution in [0.15, 0.2) is 24.3 Å².